The lowest BCUT2D eigenvalue weighted by molar-refractivity contribution is 0.414. The van der Waals surface area contributed by atoms with Crippen LogP contribution in [0, 0.1) is 6.92 Å². The normalized spacial score (nSPS) is 11.3. The minimum Gasteiger partial charge on any atom is -0.497 e. The fraction of sp³-hybridized carbons (Fsp3) is 0.154. The third-order valence-corrected chi connectivity index (χ3v) is 5.84. The van der Waals surface area contributed by atoms with Crippen molar-refractivity contribution in [2.75, 3.05) is 7.11 Å². The van der Waals surface area contributed by atoms with Crippen LogP contribution in [-0.4, -0.2) is 21.2 Å². The van der Waals surface area contributed by atoms with Crippen LogP contribution in [0.5, 0.6) is 5.75 Å². The maximum Gasteiger partial charge on any atom is 0.278 e. The van der Waals surface area contributed by atoms with Crippen molar-refractivity contribution < 1.29 is 4.74 Å². The zero-order chi connectivity index (χ0) is 21.4. The summed E-state index contributed by atoms with van der Waals surface area (Å²) in [5.41, 5.74) is 5.79. The monoisotopic (exact) mass is 409 g/mol. The summed E-state index contributed by atoms with van der Waals surface area (Å²) in [7, 11) is 1.64. The fourth-order valence-corrected chi connectivity index (χ4v) is 4.11. The second-order valence-corrected chi connectivity index (χ2v) is 7.75. The number of fused-ring (bicyclic) bond motifs is 3. The largest absolute Gasteiger partial charge is 0.497 e. The minimum atomic E-state index is -0.0365. The van der Waals surface area contributed by atoms with Gasteiger partial charge in [-0.05, 0) is 41.8 Å². The number of aryl methyl sites for hydroxylation is 1. The molecule has 0 aliphatic heterocycles. The molecule has 5 nitrogen and oxygen atoms in total. The van der Waals surface area contributed by atoms with Crippen molar-refractivity contribution in [3.63, 3.8) is 0 Å². The van der Waals surface area contributed by atoms with Crippen molar-refractivity contribution >= 4 is 21.9 Å². The van der Waals surface area contributed by atoms with Gasteiger partial charge in [-0.1, -0.05) is 54.6 Å². The molecule has 0 amide bonds. The molecule has 0 radical (unpaired) electrons. The average molecular weight is 409 g/mol. The van der Waals surface area contributed by atoms with Gasteiger partial charge in [-0.25, -0.2) is 4.98 Å². The highest BCUT2D eigenvalue weighted by Crippen LogP contribution is 2.26. The molecule has 0 fully saturated rings. The van der Waals surface area contributed by atoms with Crippen molar-refractivity contribution in [1.82, 2.24) is 14.1 Å². The Labute approximate surface area is 180 Å². The molecule has 2 heterocycles. The van der Waals surface area contributed by atoms with Crippen molar-refractivity contribution in [2.24, 2.45) is 0 Å². The van der Waals surface area contributed by atoms with Crippen molar-refractivity contribution in [2.45, 2.75) is 20.0 Å². The minimum absolute atomic E-state index is 0.0365. The van der Waals surface area contributed by atoms with Gasteiger partial charge in [-0.3, -0.25) is 9.36 Å². The summed E-state index contributed by atoms with van der Waals surface area (Å²) in [4.78, 5) is 18.3. The molecule has 0 N–H and O–H groups in total. The summed E-state index contributed by atoms with van der Waals surface area (Å²) in [6.07, 6.45) is 1.65. The zero-order valence-corrected chi connectivity index (χ0v) is 17.6. The lowest BCUT2D eigenvalue weighted by Crippen LogP contribution is -2.23. The van der Waals surface area contributed by atoms with Gasteiger partial charge in [0.15, 0.2) is 0 Å². The molecule has 0 bridgehead atoms. The van der Waals surface area contributed by atoms with E-state index in [1.54, 1.807) is 18.0 Å². The Kier molecular flexibility index (Phi) is 4.79. The molecular weight excluding hydrogens is 386 g/mol. The SMILES string of the molecule is COc1ccc(Cn2cnc3c4ccccc4n(Cc4ccccc4C)c3c2=O)cc1. The van der Waals surface area contributed by atoms with Crippen LogP contribution in [0.15, 0.2) is 83.9 Å². The van der Waals surface area contributed by atoms with E-state index in [4.69, 9.17) is 9.72 Å². The Bertz CT molecular complexity index is 1450. The third kappa shape index (κ3) is 3.38. The predicted octanol–water partition coefficient (Wildman–Crippen LogP) is 4.76. The Hall–Kier alpha value is -3.86. The molecule has 5 aromatic rings. The first-order valence-corrected chi connectivity index (χ1v) is 10.3. The van der Waals surface area contributed by atoms with Gasteiger partial charge < -0.3 is 9.30 Å². The van der Waals surface area contributed by atoms with Crippen molar-refractivity contribution in [3.8, 4) is 5.75 Å². The van der Waals surface area contributed by atoms with E-state index in [9.17, 15) is 4.79 Å². The fourth-order valence-electron chi connectivity index (χ4n) is 4.11. The van der Waals surface area contributed by atoms with Gasteiger partial charge in [0.25, 0.3) is 5.56 Å². The van der Waals surface area contributed by atoms with E-state index >= 15 is 0 Å². The van der Waals surface area contributed by atoms with Gasteiger partial charge in [-0.15, -0.1) is 0 Å². The number of aromatic nitrogens is 3. The number of ether oxygens (including phenoxy) is 1. The topological polar surface area (TPSA) is 49.0 Å². The quantitative estimate of drug-likeness (QED) is 0.420. The average Bonchev–Trinajstić information content (AvgIpc) is 3.12. The molecule has 0 saturated heterocycles. The number of hydrogen-bond donors (Lipinski definition) is 0. The van der Waals surface area contributed by atoms with Crippen LogP contribution >= 0.6 is 0 Å². The second-order valence-electron chi connectivity index (χ2n) is 7.75. The number of benzene rings is 3. The Morgan fingerprint density at radius 2 is 1.65 bits per heavy atom. The van der Waals surface area contributed by atoms with Crippen LogP contribution in [0.1, 0.15) is 16.7 Å². The van der Waals surface area contributed by atoms with Crippen LogP contribution < -0.4 is 10.3 Å². The molecule has 31 heavy (non-hydrogen) atoms. The summed E-state index contributed by atoms with van der Waals surface area (Å²) in [5.74, 6) is 0.794. The Morgan fingerprint density at radius 3 is 2.42 bits per heavy atom. The van der Waals surface area contributed by atoms with Crippen LogP contribution in [0.4, 0.5) is 0 Å². The van der Waals surface area contributed by atoms with E-state index in [1.165, 1.54) is 11.1 Å². The molecule has 0 saturated carbocycles. The first kappa shape index (κ1) is 19.1. The van der Waals surface area contributed by atoms with Gasteiger partial charge in [0.05, 0.1) is 25.5 Å². The van der Waals surface area contributed by atoms with Gasteiger partial charge in [-0.2, -0.15) is 0 Å². The van der Waals surface area contributed by atoms with Crippen LogP contribution in [0.3, 0.4) is 0 Å². The zero-order valence-electron chi connectivity index (χ0n) is 17.6. The molecule has 0 spiro atoms. The summed E-state index contributed by atoms with van der Waals surface area (Å²) in [6, 6.07) is 24.1. The van der Waals surface area contributed by atoms with E-state index in [2.05, 4.69) is 29.7 Å². The number of hydrogen-bond acceptors (Lipinski definition) is 3. The molecule has 5 heteroatoms. The summed E-state index contributed by atoms with van der Waals surface area (Å²) in [6.45, 7) is 3.18. The maximum atomic E-state index is 13.6. The van der Waals surface area contributed by atoms with E-state index in [0.717, 1.165) is 27.7 Å². The molecule has 0 aliphatic rings. The van der Waals surface area contributed by atoms with Crippen LogP contribution in [-0.2, 0) is 13.1 Å². The van der Waals surface area contributed by atoms with Crippen molar-refractivity contribution in [3.05, 3.63) is 106 Å². The number of rotatable bonds is 5. The lowest BCUT2D eigenvalue weighted by Gasteiger charge is -2.11. The molecule has 2 aromatic heterocycles. The van der Waals surface area contributed by atoms with Crippen molar-refractivity contribution in [1.29, 1.82) is 0 Å². The van der Waals surface area contributed by atoms with Gasteiger partial charge in [0.2, 0.25) is 0 Å². The van der Waals surface area contributed by atoms with Crippen LogP contribution in [0.25, 0.3) is 21.9 Å². The maximum absolute atomic E-state index is 13.6. The van der Waals surface area contributed by atoms with E-state index in [1.807, 2.05) is 54.6 Å². The summed E-state index contributed by atoms with van der Waals surface area (Å²) in [5, 5.41) is 1.000. The highest BCUT2D eigenvalue weighted by atomic mass is 16.5. The number of nitrogens with zero attached hydrogens (tertiary/aromatic N) is 3. The molecule has 0 atom stereocenters. The highest BCUT2D eigenvalue weighted by Gasteiger charge is 2.17. The Balaban J connectivity index is 1.67. The van der Waals surface area contributed by atoms with Gasteiger partial charge in [0.1, 0.15) is 16.8 Å². The first-order valence-electron chi connectivity index (χ1n) is 10.3. The lowest BCUT2D eigenvalue weighted by atomic mass is 10.1. The number of para-hydroxylation sites is 1. The molecular formula is C26H23N3O2. The standard InChI is InChI=1S/C26H23N3O2/c1-18-7-3-4-8-20(18)16-29-23-10-6-5-9-22(23)24-25(29)26(30)28(17-27-24)15-19-11-13-21(31-2)14-12-19/h3-14,17H,15-16H2,1-2H3. The second kappa shape index (κ2) is 7.76. The molecule has 0 aliphatic carbocycles. The molecule has 154 valence electrons. The first-order chi connectivity index (χ1) is 15.2. The van der Waals surface area contributed by atoms with E-state index < -0.39 is 0 Å². The molecule has 0 unspecified atom stereocenters. The van der Waals surface area contributed by atoms with Crippen LogP contribution in [0.2, 0.25) is 0 Å². The summed E-state index contributed by atoms with van der Waals surface area (Å²) >= 11 is 0. The summed E-state index contributed by atoms with van der Waals surface area (Å²) < 4.78 is 9.01. The van der Waals surface area contributed by atoms with Gasteiger partial charge >= 0.3 is 0 Å². The predicted molar refractivity (Wildman–Crippen MR) is 124 cm³/mol. The van der Waals surface area contributed by atoms with Gasteiger partial charge in [0, 0.05) is 11.9 Å². The van der Waals surface area contributed by atoms with E-state index in [0.29, 0.717) is 18.6 Å². The Morgan fingerprint density at radius 1 is 0.903 bits per heavy atom. The molecule has 3 aromatic carbocycles. The highest BCUT2D eigenvalue weighted by molar-refractivity contribution is 6.05. The number of methoxy groups -OCH3 is 1. The van der Waals surface area contributed by atoms with E-state index in [-0.39, 0.29) is 5.56 Å². The smallest absolute Gasteiger partial charge is 0.278 e. The third-order valence-electron chi connectivity index (χ3n) is 5.84. The molecule has 5 rings (SSSR count).